The average molecular weight is 364 g/mol. The maximum Gasteiger partial charge on any atom is 0.214 e. The predicted octanol–water partition coefficient (Wildman–Crippen LogP) is 3.99. The molecule has 1 aromatic heterocycles. The first-order valence-electron chi connectivity index (χ1n) is 8.64. The van der Waals surface area contributed by atoms with Gasteiger partial charge in [-0.05, 0) is 36.2 Å². The van der Waals surface area contributed by atoms with Crippen LogP contribution >= 0.6 is 0 Å². The SMILES string of the molecule is C#CCOc1ccc([C@H](C[N+](=O)[O-])c2c[nH]c3ccccc23)cc1OCC. The molecule has 0 aliphatic rings. The molecule has 0 spiro atoms. The lowest BCUT2D eigenvalue weighted by Crippen LogP contribution is -2.14. The minimum absolute atomic E-state index is 0.125. The Bertz CT molecular complexity index is 987. The van der Waals surface area contributed by atoms with Gasteiger partial charge in [-0.1, -0.05) is 30.2 Å². The van der Waals surface area contributed by atoms with E-state index in [1.165, 1.54) is 0 Å². The van der Waals surface area contributed by atoms with Crippen LogP contribution in [0.1, 0.15) is 24.0 Å². The fourth-order valence-electron chi connectivity index (χ4n) is 3.16. The number of rotatable bonds is 8. The van der Waals surface area contributed by atoms with Crippen molar-refractivity contribution in [2.75, 3.05) is 19.8 Å². The lowest BCUT2D eigenvalue weighted by molar-refractivity contribution is -0.481. The quantitative estimate of drug-likeness (QED) is 0.372. The molecule has 1 N–H and O–H groups in total. The number of nitro groups is 1. The van der Waals surface area contributed by atoms with E-state index in [9.17, 15) is 10.1 Å². The Kier molecular flexibility index (Phi) is 5.62. The largest absolute Gasteiger partial charge is 0.490 e. The van der Waals surface area contributed by atoms with Gasteiger partial charge in [0, 0.05) is 22.0 Å². The highest BCUT2D eigenvalue weighted by Crippen LogP contribution is 2.36. The second-order valence-corrected chi connectivity index (χ2v) is 5.99. The Morgan fingerprint density at radius 2 is 2.04 bits per heavy atom. The van der Waals surface area contributed by atoms with E-state index >= 15 is 0 Å². The van der Waals surface area contributed by atoms with Gasteiger partial charge in [0.05, 0.1) is 12.5 Å². The molecule has 0 radical (unpaired) electrons. The summed E-state index contributed by atoms with van der Waals surface area (Å²) in [7, 11) is 0. The number of terminal acetylenes is 1. The molecule has 6 heteroatoms. The van der Waals surface area contributed by atoms with Crippen molar-refractivity contribution in [3.05, 3.63) is 69.9 Å². The molecule has 0 saturated carbocycles. The Hall–Kier alpha value is -3.46. The van der Waals surface area contributed by atoms with E-state index in [-0.39, 0.29) is 18.1 Å². The van der Waals surface area contributed by atoms with Crippen LogP contribution in [0.15, 0.2) is 48.7 Å². The molecule has 2 aromatic carbocycles. The van der Waals surface area contributed by atoms with Crippen LogP contribution in [0.4, 0.5) is 0 Å². The Labute approximate surface area is 157 Å². The fourth-order valence-corrected chi connectivity index (χ4v) is 3.16. The average Bonchev–Trinajstić information content (AvgIpc) is 3.09. The van der Waals surface area contributed by atoms with Crippen LogP contribution in [-0.2, 0) is 0 Å². The Morgan fingerprint density at radius 1 is 1.22 bits per heavy atom. The van der Waals surface area contributed by atoms with E-state index in [2.05, 4.69) is 10.9 Å². The summed E-state index contributed by atoms with van der Waals surface area (Å²) >= 11 is 0. The number of ether oxygens (including phenoxy) is 2. The molecule has 138 valence electrons. The first kappa shape index (κ1) is 18.3. The first-order chi connectivity index (χ1) is 13.1. The van der Waals surface area contributed by atoms with Crippen molar-refractivity contribution < 1.29 is 14.4 Å². The van der Waals surface area contributed by atoms with Gasteiger partial charge in [-0.25, -0.2) is 0 Å². The molecule has 0 bridgehead atoms. The highest BCUT2D eigenvalue weighted by atomic mass is 16.6. The Morgan fingerprint density at radius 3 is 2.78 bits per heavy atom. The summed E-state index contributed by atoms with van der Waals surface area (Å²) in [5, 5.41) is 12.3. The number of para-hydroxylation sites is 1. The topological polar surface area (TPSA) is 77.4 Å². The highest BCUT2D eigenvalue weighted by Gasteiger charge is 2.24. The molecule has 0 unspecified atom stereocenters. The van der Waals surface area contributed by atoms with Crippen molar-refractivity contribution in [3.63, 3.8) is 0 Å². The standard InChI is InChI=1S/C21H20N2O4/c1-3-11-27-20-10-9-15(12-21(20)26-4-2)18(14-23(24)25)17-13-22-19-8-6-5-7-16(17)19/h1,5-10,12-13,18,22H,4,11,14H2,2H3/t18-/m0/s1. The first-order valence-corrected chi connectivity index (χ1v) is 8.64. The van der Waals surface area contributed by atoms with Crippen LogP contribution in [0, 0.1) is 22.5 Å². The van der Waals surface area contributed by atoms with Gasteiger partial charge < -0.3 is 14.5 Å². The van der Waals surface area contributed by atoms with Crippen molar-refractivity contribution in [3.8, 4) is 23.8 Å². The highest BCUT2D eigenvalue weighted by molar-refractivity contribution is 5.84. The van der Waals surface area contributed by atoms with Crippen LogP contribution in [0.2, 0.25) is 0 Å². The predicted molar refractivity (Wildman–Crippen MR) is 104 cm³/mol. The minimum Gasteiger partial charge on any atom is -0.490 e. The molecule has 1 atom stereocenters. The van der Waals surface area contributed by atoms with Gasteiger partial charge in [0.25, 0.3) is 0 Å². The summed E-state index contributed by atoms with van der Waals surface area (Å²) in [4.78, 5) is 14.2. The van der Waals surface area contributed by atoms with Crippen molar-refractivity contribution in [1.82, 2.24) is 4.98 Å². The monoisotopic (exact) mass is 364 g/mol. The molecule has 0 aliphatic heterocycles. The van der Waals surface area contributed by atoms with Gasteiger partial charge >= 0.3 is 0 Å². The number of fused-ring (bicyclic) bond motifs is 1. The second-order valence-electron chi connectivity index (χ2n) is 5.99. The van der Waals surface area contributed by atoms with Crippen molar-refractivity contribution in [2.45, 2.75) is 12.8 Å². The van der Waals surface area contributed by atoms with Crippen LogP contribution in [-0.4, -0.2) is 29.7 Å². The third-order valence-electron chi connectivity index (χ3n) is 4.31. The van der Waals surface area contributed by atoms with Crippen LogP contribution in [0.3, 0.4) is 0 Å². The molecular weight excluding hydrogens is 344 g/mol. The molecule has 3 rings (SSSR count). The number of benzene rings is 2. The molecule has 0 fully saturated rings. The van der Waals surface area contributed by atoms with Crippen molar-refractivity contribution in [2.24, 2.45) is 0 Å². The van der Waals surface area contributed by atoms with Crippen LogP contribution in [0.25, 0.3) is 10.9 Å². The smallest absolute Gasteiger partial charge is 0.214 e. The molecular formula is C21H20N2O4. The van der Waals surface area contributed by atoms with Gasteiger partial charge in [-0.2, -0.15) is 0 Å². The summed E-state index contributed by atoms with van der Waals surface area (Å²) in [5.41, 5.74) is 2.61. The number of hydrogen-bond donors (Lipinski definition) is 1. The van der Waals surface area contributed by atoms with Crippen LogP contribution in [0.5, 0.6) is 11.5 Å². The summed E-state index contributed by atoms with van der Waals surface area (Å²) < 4.78 is 11.2. The lowest BCUT2D eigenvalue weighted by atomic mass is 9.90. The second kappa shape index (κ2) is 8.28. The molecule has 0 aliphatic carbocycles. The number of aromatic nitrogens is 1. The molecule has 3 aromatic rings. The van der Waals surface area contributed by atoms with E-state index in [0.717, 1.165) is 22.0 Å². The van der Waals surface area contributed by atoms with Crippen molar-refractivity contribution in [1.29, 1.82) is 0 Å². The number of aromatic amines is 1. The zero-order chi connectivity index (χ0) is 19.2. The van der Waals surface area contributed by atoms with Gasteiger partial charge in [0.15, 0.2) is 11.5 Å². The van der Waals surface area contributed by atoms with E-state index in [0.29, 0.717) is 18.1 Å². The maximum absolute atomic E-state index is 11.4. The number of nitrogens with one attached hydrogen (secondary N) is 1. The molecule has 6 nitrogen and oxygen atoms in total. The maximum atomic E-state index is 11.4. The van der Waals surface area contributed by atoms with E-state index in [4.69, 9.17) is 15.9 Å². The lowest BCUT2D eigenvalue weighted by Gasteiger charge is -2.17. The van der Waals surface area contributed by atoms with Gasteiger partial charge in [0.1, 0.15) is 6.61 Å². The summed E-state index contributed by atoms with van der Waals surface area (Å²) in [6.07, 6.45) is 7.09. The number of H-pyrrole nitrogens is 1. The molecule has 27 heavy (non-hydrogen) atoms. The van der Waals surface area contributed by atoms with Crippen molar-refractivity contribution >= 4 is 10.9 Å². The van der Waals surface area contributed by atoms with Gasteiger partial charge in [0.2, 0.25) is 6.54 Å². The summed E-state index contributed by atoms with van der Waals surface area (Å²) in [5.74, 6) is 3.05. The third kappa shape index (κ3) is 4.04. The molecule has 1 heterocycles. The van der Waals surface area contributed by atoms with E-state index in [1.54, 1.807) is 12.1 Å². The number of nitrogens with zero attached hydrogens (tertiary/aromatic N) is 1. The Balaban J connectivity index is 2.06. The van der Waals surface area contributed by atoms with E-state index < -0.39 is 5.92 Å². The minimum atomic E-state index is -0.419. The zero-order valence-corrected chi connectivity index (χ0v) is 15.0. The van der Waals surface area contributed by atoms with E-state index in [1.807, 2.05) is 43.5 Å². The summed E-state index contributed by atoms with van der Waals surface area (Å²) in [6, 6.07) is 13.1. The fraction of sp³-hybridized carbons (Fsp3) is 0.238. The zero-order valence-electron chi connectivity index (χ0n) is 15.0. The van der Waals surface area contributed by atoms with Gasteiger partial charge in [-0.15, -0.1) is 6.42 Å². The van der Waals surface area contributed by atoms with Gasteiger partial charge in [-0.3, -0.25) is 10.1 Å². The molecule has 0 saturated heterocycles. The summed E-state index contributed by atoms with van der Waals surface area (Å²) in [6.45, 7) is 2.22. The number of hydrogen-bond acceptors (Lipinski definition) is 4. The third-order valence-corrected chi connectivity index (χ3v) is 4.31. The van der Waals surface area contributed by atoms with Crippen LogP contribution < -0.4 is 9.47 Å². The molecule has 0 amide bonds. The normalized spacial score (nSPS) is 11.7.